The first-order valence-corrected chi connectivity index (χ1v) is 6.96. The zero-order valence-electron chi connectivity index (χ0n) is 11.6. The summed E-state index contributed by atoms with van der Waals surface area (Å²) in [5.74, 6) is 0. The van der Waals surface area contributed by atoms with Crippen LogP contribution in [0.15, 0.2) is 18.5 Å². The molecule has 0 bridgehead atoms. The van der Waals surface area contributed by atoms with Crippen molar-refractivity contribution in [3.63, 3.8) is 0 Å². The molecule has 1 N–H and O–H groups in total. The molecule has 1 atom stereocenters. The van der Waals surface area contributed by atoms with Crippen LogP contribution in [0, 0.1) is 0 Å². The van der Waals surface area contributed by atoms with Crippen LogP contribution < -0.4 is 5.32 Å². The van der Waals surface area contributed by atoms with Gasteiger partial charge in [-0.3, -0.25) is 9.88 Å². The summed E-state index contributed by atoms with van der Waals surface area (Å²) in [6, 6.07) is 2.10. The van der Waals surface area contributed by atoms with Crippen molar-refractivity contribution in [3.05, 3.63) is 24.0 Å². The van der Waals surface area contributed by atoms with E-state index < -0.39 is 12.7 Å². The molecule has 0 radical (unpaired) electrons. The lowest BCUT2D eigenvalue weighted by Crippen LogP contribution is -2.34. The maximum absolute atomic E-state index is 12.3. The second kappa shape index (κ2) is 6.43. The van der Waals surface area contributed by atoms with E-state index in [0.29, 0.717) is 13.1 Å². The molecule has 1 aliphatic heterocycles. The van der Waals surface area contributed by atoms with Crippen LogP contribution in [0.4, 0.5) is 18.9 Å². The highest BCUT2D eigenvalue weighted by atomic mass is 19.4. The molecule has 1 aliphatic rings. The molecule has 0 aromatic carbocycles. The summed E-state index contributed by atoms with van der Waals surface area (Å²) in [6.07, 6.45) is 2.19. The third kappa shape index (κ3) is 4.67. The van der Waals surface area contributed by atoms with E-state index in [1.54, 1.807) is 6.20 Å². The Labute approximate surface area is 117 Å². The van der Waals surface area contributed by atoms with Crippen LogP contribution in [0.3, 0.4) is 0 Å². The summed E-state index contributed by atoms with van der Waals surface area (Å²) in [5.41, 5.74) is 2.05. The van der Waals surface area contributed by atoms with Gasteiger partial charge in [-0.25, -0.2) is 0 Å². The Hall–Kier alpha value is -1.30. The molecule has 3 nitrogen and oxygen atoms in total. The number of anilines is 1. The number of likely N-dealkylation sites (tertiary alicyclic amines) is 1. The van der Waals surface area contributed by atoms with Gasteiger partial charge in [-0.15, -0.1) is 0 Å². The zero-order valence-corrected chi connectivity index (χ0v) is 11.6. The Morgan fingerprint density at radius 1 is 1.40 bits per heavy atom. The average Bonchev–Trinajstić information content (AvgIpc) is 2.75. The average molecular weight is 287 g/mol. The van der Waals surface area contributed by atoms with Gasteiger partial charge in [0.15, 0.2) is 0 Å². The number of hydrogen-bond acceptors (Lipinski definition) is 3. The summed E-state index contributed by atoms with van der Waals surface area (Å²) in [5, 5.41) is 3.28. The molecule has 1 aromatic rings. The van der Waals surface area contributed by atoms with Crippen LogP contribution >= 0.6 is 0 Å². The Balaban J connectivity index is 1.87. The first kappa shape index (κ1) is 15.1. The van der Waals surface area contributed by atoms with Gasteiger partial charge in [0, 0.05) is 31.5 Å². The predicted octanol–water partition coefficient (Wildman–Crippen LogP) is 3.08. The first-order chi connectivity index (χ1) is 9.46. The predicted molar refractivity (Wildman–Crippen MR) is 72.8 cm³/mol. The van der Waals surface area contributed by atoms with Crippen LogP contribution in [0.5, 0.6) is 0 Å². The molecule has 2 rings (SSSR count). The normalized spacial score (nSPS) is 20.3. The number of hydrogen-bond donors (Lipinski definition) is 1. The summed E-state index contributed by atoms with van der Waals surface area (Å²) in [4.78, 5) is 5.61. The van der Waals surface area contributed by atoms with E-state index in [1.165, 1.54) is 4.90 Å². The van der Waals surface area contributed by atoms with Gasteiger partial charge in [0.2, 0.25) is 0 Å². The van der Waals surface area contributed by atoms with E-state index in [-0.39, 0.29) is 6.04 Å². The highest BCUT2D eigenvalue weighted by molar-refractivity contribution is 5.44. The summed E-state index contributed by atoms with van der Waals surface area (Å²) < 4.78 is 37.0. The molecular weight excluding hydrogens is 267 g/mol. The van der Waals surface area contributed by atoms with Crippen LogP contribution in [-0.2, 0) is 6.42 Å². The SMILES string of the molecule is CCCc1cncc(NC2CCN(CC(F)(F)F)C2)c1. The van der Waals surface area contributed by atoms with E-state index in [2.05, 4.69) is 17.2 Å². The van der Waals surface area contributed by atoms with Gasteiger partial charge < -0.3 is 5.32 Å². The van der Waals surface area contributed by atoms with Crippen molar-refractivity contribution in [2.24, 2.45) is 0 Å². The monoisotopic (exact) mass is 287 g/mol. The highest BCUT2D eigenvalue weighted by Gasteiger charge is 2.34. The third-order valence-corrected chi connectivity index (χ3v) is 3.38. The number of alkyl halides is 3. The summed E-state index contributed by atoms with van der Waals surface area (Å²) in [6.45, 7) is 2.20. The van der Waals surface area contributed by atoms with Gasteiger partial charge in [-0.1, -0.05) is 13.3 Å². The maximum Gasteiger partial charge on any atom is 0.401 e. The van der Waals surface area contributed by atoms with Gasteiger partial charge in [0.05, 0.1) is 12.2 Å². The summed E-state index contributed by atoms with van der Waals surface area (Å²) >= 11 is 0. The second-order valence-electron chi connectivity index (χ2n) is 5.31. The van der Waals surface area contributed by atoms with E-state index in [4.69, 9.17) is 0 Å². The Kier molecular flexibility index (Phi) is 4.86. The quantitative estimate of drug-likeness (QED) is 0.902. The minimum absolute atomic E-state index is 0.0658. The van der Waals surface area contributed by atoms with E-state index in [9.17, 15) is 13.2 Å². The minimum atomic E-state index is -4.11. The topological polar surface area (TPSA) is 28.2 Å². The van der Waals surface area contributed by atoms with Crippen molar-refractivity contribution in [3.8, 4) is 0 Å². The molecule has 6 heteroatoms. The maximum atomic E-state index is 12.3. The van der Waals surface area contributed by atoms with Crippen molar-refractivity contribution >= 4 is 5.69 Å². The Morgan fingerprint density at radius 2 is 2.20 bits per heavy atom. The fourth-order valence-corrected chi connectivity index (χ4v) is 2.58. The number of rotatable bonds is 5. The van der Waals surface area contributed by atoms with Crippen molar-refractivity contribution in [2.45, 2.75) is 38.4 Å². The number of nitrogens with one attached hydrogen (secondary N) is 1. The van der Waals surface area contributed by atoms with Gasteiger partial charge in [-0.2, -0.15) is 13.2 Å². The Bertz CT molecular complexity index is 434. The van der Waals surface area contributed by atoms with Crippen LogP contribution in [0.25, 0.3) is 0 Å². The molecular formula is C14H20F3N3. The molecule has 0 saturated carbocycles. The van der Waals surface area contributed by atoms with Gasteiger partial charge in [-0.05, 0) is 24.5 Å². The minimum Gasteiger partial charge on any atom is -0.380 e. The molecule has 0 spiro atoms. The molecule has 0 aliphatic carbocycles. The molecule has 1 aromatic heterocycles. The fraction of sp³-hybridized carbons (Fsp3) is 0.643. The fourth-order valence-electron chi connectivity index (χ4n) is 2.58. The van der Waals surface area contributed by atoms with Gasteiger partial charge in [0.25, 0.3) is 0 Å². The number of halogens is 3. The van der Waals surface area contributed by atoms with Crippen molar-refractivity contribution in [1.82, 2.24) is 9.88 Å². The standard InChI is InChI=1S/C14H20F3N3/c1-2-3-11-6-13(8-18-7-11)19-12-4-5-20(9-12)10-14(15,16)17/h6-8,12,19H,2-5,9-10H2,1H3. The summed E-state index contributed by atoms with van der Waals surface area (Å²) in [7, 11) is 0. The smallest absolute Gasteiger partial charge is 0.380 e. The molecule has 1 saturated heterocycles. The largest absolute Gasteiger partial charge is 0.401 e. The van der Waals surface area contributed by atoms with E-state index >= 15 is 0 Å². The number of aromatic nitrogens is 1. The van der Waals surface area contributed by atoms with Crippen LogP contribution in [0.1, 0.15) is 25.3 Å². The molecule has 20 heavy (non-hydrogen) atoms. The third-order valence-electron chi connectivity index (χ3n) is 3.38. The number of aryl methyl sites for hydroxylation is 1. The van der Waals surface area contributed by atoms with Crippen molar-refractivity contribution < 1.29 is 13.2 Å². The van der Waals surface area contributed by atoms with Gasteiger partial charge >= 0.3 is 6.18 Å². The van der Waals surface area contributed by atoms with Crippen LogP contribution in [-0.4, -0.2) is 41.7 Å². The van der Waals surface area contributed by atoms with Crippen molar-refractivity contribution in [2.75, 3.05) is 25.0 Å². The number of pyridine rings is 1. The van der Waals surface area contributed by atoms with Gasteiger partial charge in [0.1, 0.15) is 0 Å². The lowest BCUT2D eigenvalue weighted by Gasteiger charge is -2.18. The molecule has 2 heterocycles. The zero-order chi connectivity index (χ0) is 14.6. The number of nitrogens with zero attached hydrogens (tertiary/aromatic N) is 2. The molecule has 1 unspecified atom stereocenters. The van der Waals surface area contributed by atoms with E-state index in [1.807, 2.05) is 12.3 Å². The first-order valence-electron chi connectivity index (χ1n) is 6.96. The molecule has 1 fully saturated rings. The second-order valence-corrected chi connectivity index (χ2v) is 5.31. The van der Waals surface area contributed by atoms with E-state index in [0.717, 1.165) is 30.5 Å². The van der Waals surface area contributed by atoms with Crippen molar-refractivity contribution in [1.29, 1.82) is 0 Å². The lowest BCUT2D eigenvalue weighted by molar-refractivity contribution is -0.143. The van der Waals surface area contributed by atoms with Crippen LogP contribution in [0.2, 0.25) is 0 Å². The lowest BCUT2D eigenvalue weighted by atomic mass is 10.1. The Morgan fingerprint density at radius 3 is 2.90 bits per heavy atom. The molecule has 0 amide bonds. The molecule has 112 valence electrons. The highest BCUT2D eigenvalue weighted by Crippen LogP contribution is 2.22.